The van der Waals surface area contributed by atoms with Crippen molar-refractivity contribution >= 4 is 29.5 Å². The second kappa shape index (κ2) is 4.97. The van der Waals surface area contributed by atoms with Crippen molar-refractivity contribution < 1.29 is 0 Å². The number of hydrogen-bond donors (Lipinski definition) is 2. The highest BCUT2D eigenvalue weighted by molar-refractivity contribution is 5.85. The van der Waals surface area contributed by atoms with Crippen molar-refractivity contribution in [2.24, 2.45) is 23.2 Å². The lowest BCUT2D eigenvalue weighted by Gasteiger charge is -2.57. The summed E-state index contributed by atoms with van der Waals surface area (Å²) in [5.74, 6) is 2.93. The molecule has 0 unspecified atom stereocenters. The van der Waals surface area contributed by atoms with Crippen LogP contribution in [-0.4, -0.2) is 19.5 Å². The molecule has 4 aliphatic carbocycles. The molecule has 0 atom stereocenters. The molecule has 6 rings (SSSR count). The number of nitrogens with two attached hydrogens (primary N) is 1. The van der Waals surface area contributed by atoms with E-state index in [1.807, 2.05) is 0 Å². The molecule has 2 aromatic rings. The molecular weight excluding hydrogens is 314 g/mol. The summed E-state index contributed by atoms with van der Waals surface area (Å²) in [7, 11) is 0. The van der Waals surface area contributed by atoms with Crippen LogP contribution in [-0.2, 0) is 6.54 Å². The van der Waals surface area contributed by atoms with E-state index in [1.54, 1.807) is 6.33 Å². The Morgan fingerprint density at radius 2 is 1.83 bits per heavy atom. The number of hydrogen-bond acceptors (Lipinski definition) is 4. The Labute approximate surface area is 140 Å². The van der Waals surface area contributed by atoms with E-state index in [2.05, 4.69) is 19.5 Å². The topological polar surface area (TPSA) is 89.6 Å². The molecule has 0 aromatic carbocycles. The van der Waals surface area contributed by atoms with Gasteiger partial charge in [0, 0.05) is 6.54 Å². The predicted molar refractivity (Wildman–Crippen MR) is 90.4 cm³/mol. The normalized spacial score (nSPS) is 34.7. The second-order valence-electron chi connectivity index (χ2n) is 7.91. The maximum absolute atomic E-state index is 11.9. The molecule has 0 spiro atoms. The SMILES string of the molecule is Cl.Nc1nc2c(ncn2CC23CC4CC(CC(C4)C2)C3)c(=O)[nH]1. The fraction of sp³-hybridized carbons (Fsp3) is 0.688. The van der Waals surface area contributed by atoms with Gasteiger partial charge in [-0.15, -0.1) is 12.4 Å². The lowest BCUT2D eigenvalue weighted by molar-refractivity contribution is -0.0614. The van der Waals surface area contributed by atoms with Crippen LogP contribution >= 0.6 is 12.4 Å². The van der Waals surface area contributed by atoms with Crippen molar-refractivity contribution in [2.45, 2.75) is 45.1 Å². The number of nitrogens with one attached hydrogen (secondary N) is 1. The standard InChI is InChI=1S/C16H21N5O.ClH/c17-15-19-13-12(14(22)20-15)18-8-21(13)7-16-4-9-1-10(5-16)3-11(2-9)6-16;/h8-11H,1-7H2,(H3,17,19,20,22);1H. The maximum atomic E-state index is 11.9. The van der Waals surface area contributed by atoms with Gasteiger partial charge in [-0.3, -0.25) is 9.78 Å². The average Bonchev–Trinajstić information content (AvgIpc) is 2.80. The Morgan fingerprint density at radius 3 is 2.43 bits per heavy atom. The number of aromatic amines is 1. The van der Waals surface area contributed by atoms with Crippen LogP contribution in [0.2, 0.25) is 0 Å². The van der Waals surface area contributed by atoms with Crippen molar-refractivity contribution in [3.8, 4) is 0 Å². The number of aromatic nitrogens is 4. The molecule has 2 heterocycles. The molecule has 4 saturated carbocycles. The third-order valence-electron chi connectivity index (χ3n) is 6.16. The van der Waals surface area contributed by atoms with Crippen LogP contribution in [0.5, 0.6) is 0 Å². The van der Waals surface area contributed by atoms with Crippen LogP contribution in [0.15, 0.2) is 11.1 Å². The van der Waals surface area contributed by atoms with Crippen LogP contribution in [0.3, 0.4) is 0 Å². The van der Waals surface area contributed by atoms with Crippen molar-refractivity contribution in [2.75, 3.05) is 5.73 Å². The number of nitrogen functional groups attached to an aromatic ring is 1. The molecule has 0 aliphatic heterocycles. The van der Waals surface area contributed by atoms with E-state index in [0.29, 0.717) is 16.6 Å². The van der Waals surface area contributed by atoms with Crippen molar-refractivity contribution in [3.05, 3.63) is 16.7 Å². The number of imidazole rings is 1. The molecule has 0 radical (unpaired) electrons. The molecule has 2 aromatic heterocycles. The highest BCUT2D eigenvalue weighted by Gasteiger charge is 2.51. The third kappa shape index (κ3) is 2.26. The number of H-pyrrole nitrogens is 1. The summed E-state index contributed by atoms with van der Waals surface area (Å²) < 4.78 is 2.06. The first kappa shape index (κ1) is 15.0. The molecule has 0 saturated heterocycles. The van der Waals surface area contributed by atoms with Gasteiger partial charge in [0.15, 0.2) is 11.2 Å². The van der Waals surface area contributed by atoms with Gasteiger partial charge < -0.3 is 10.3 Å². The molecule has 3 N–H and O–H groups in total. The zero-order valence-corrected chi connectivity index (χ0v) is 13.8. The Bertz CT molecular complexity index is 775. The third-order valence-corrected chi connectivity index (χ3v) is 6.16. The summed E-state index contributed by atoms with van der Waals surface area (Å²) in [6, 6.07) is 0. The van der Waals surface area contributed by atoms with E-state index in [1.165, 1.54) is 38.5 Å². The molecule has 0 amide bonds. The number of rotatable bonds is 2. The Morgan fingerprint density at radius 1 is 1.22 bits per heavy atom. The molecule has 7 heteroatoms. The Hall–Kier alpha value is -1.56. The summed E-state index contributed by atoms with van der Waals surface area (Å²) in [5.41, 5.74) is 6.89. The zero-order valence-electron chi connectivity index (χ0n) is 13.0. The molecule has 124 valence electrons. The fourth-order valence-electron chi connectivity index (χ4n) is 5.93. The number of anilines is 1. The highest BCUT2D eigenvalue weighted by atomic mass is 35.5. The van der Waals surface area contributed by atoms with Crippen LogP contribution in [0.4, 0.5) is 5.95 Å². The number of halogens is 1. The summed E-state index contributed by atoms with van der Waals surface area (Å²) in [6.45, 7) is 0.933. The van der Waals surface area contributed by atoms with Crippen LogP contribution in [0.25, 0.3) is 11.2 Å². The van der Waals surface area contributed by atoms with Gasteiger partial charge in [-0.2, -0.15) is 4.98 Å². The average molecular weight is 336 g/mol. The van der Waals surface area contributed by atoms with E-state index in [9.17, 15) is 4.79 Å². The van der Waals surface area contributed by atoms with E-state index in [0.717, 1.165) is 24.3 Å². The minimum absolute atomic E-state index is 0. The second-order valence-corrected chi connectivity index (χ2v) is 7.91. The van der Waals surface area contributed by atoms with Gasteiger partial charge in [0.2, 0.25) is 5.95 Å². The smallest absolute Gasteiger partial charge is 0.280 e. The number of nitrogens with zero attached hydrogens (tertiary/aromatic N) is 3. The maximum Gasteiger partial charge on any atom is 0.280 e. The van der Waals surface area contributed by atoms with Crippen molar-refractivity contribution in [3.63, 3.8) is 0 Å². The Kier molecular flexibility index (Phi) is 3.24. The van der Waals surface area contributed by atoms with Crippen LogP contribution < -0.4 is 11.3 Å². The molecular formula is C16H22ClN5O. The van der Waals surface area contributed by atoms with Crippen molar-refractivity contribution in [1.29, 1.82) is 0 Å². The van der Waals surface area contributed by atoms with Gasteiger partial charge in [0.05, 0.1) is 6.33 Å². The molecule has 6 nitrogen and oxygen atoms in total. The molecule has 4 aliphatic rings. The summed E-state index contributed by atoms with van der Waals surface area (Å²) >= 11 is 0. The lowest BCUT2D eigenvalue weighted by Crippen LogP contribution is -2.47. The first-order valence-electron chi connectivity index (χ1n) is 8.31. The highest BCUT2D eigenvalue weighted by Crippen LogP contribution is 2.60. The molecule has 4 bridgehead atoms. The molecule has 23 heavy (non-hydrogen) atoms. The van der Waals surface area contributed by atoms with Crippen molar-refractivity contribution in [1.82, 2.24) is 19.5 Å². The van der Waals surface area contributed by atoms with Gasteiger partial charge in [0.1, 0.15) is 0 Å². The van der Waals surface area contributed by atoms with Gasteiger partial charge in [-0.25, -0.2) is 4.98 Å². The van der Waals surface area contributed by atoms with E-state index in [-0.39, 0.29) is 23.9 Å². The zero-order chi connectivity index (χ0) is 14.9. The van der Waals surface area contributed by atoms with E-state index >= 15 is 0 Å². The largest absolute Gasteiger partial charge is 0.369 e. The predicted octanol–water partition coefficient (Wildman–Crippen LogP) is 2.34. The quantitative estimate of drug-likeness (QED) is 0.881. The number of fused-ring (bicyclic) bond motifs is 1. The summed E-state index contributed by atoms with van der Waals surface area (Å²) in [4.78, 5) is 23.0. The van der Waals surface area contributed by atoms with E-state index in [4.69, 9.17) is 5.73 Å². The van der Waals surface area contributed by atoms with Gasteiger partial charge in [-0.05, 0) is 61.7 Å². The minimum atomic E-state index is -0.244. The van der Waals surface area contributed by atoms with E-state index < -0.39 is 0 Å². The summed E-state index contributed by atoms with van der Waals surface area (Å²) in [6.07, 6.45) is 10.1. The van der Waals surface area contributed by atoms with Gasteiger partial charge in [-0.1, -0.05) is 0 Å². The summed E-state index contributed by atoms with van der Waals surface area (Å²) in [5, 5.41) is 0. The minimum Gasteiger partial charge on any atom is -0.369 e. The fourth-order valence-corrected chi connectivity index (χ4v) is 5.93. The van der Waals surface area contributed by atoms with Crippen LogP contribution in [0, 0.1) is 23.2 Å². The van der Waals surface area contributed by atoms with Gasteiger partial charge in [0.25, 0.3) is 5.56 Å². The van der Waals surface area contributed by atoms with Crippen LogP contribution in [0.1, 0.15) is 38.5 Å². The first-order valence-corrected chi connectivity index (χ1v) is 8.31. The van der Waals surface area contributed by atoms with Gasteiger partial charge >= 0.3 is 0 Å². The lowest BCUT2D eigenvalue weighted by atomic mass is 9.49. The molecule has 4 fully saturated rings. The Balaban J connectivity index is 0.00000135. The monoisotopic (exact) mass is 335 g/mol. The first-order chi connectivity index (χ1) is 10.6.